The molecule has 0 saturated carbocycles. The molecular weight excluding hydrogens is 248 g/mol. The van der Waals surface area contributed by atoms with Gasteiger partial charge in [-0.3, -0.25) is 0 Å². The van der Waals surface area contributed by atoms with Crippen LogP contribution >= 0.6 is 27.3 Å². The number of thiophene rings is 1. The topological polar surface area (TPSA) is 9.23 Å². The third-order valence-electron chi connectivity index (χ3n) is 2.00. The van der Waals surface area contributed by atoms with Crippen LogP contribution in [0.4, 0.5) is 0 Å². The van der Waals surface area contributed by atoms with Gasteiger partial charge in [0.25, 0.3) is 0 Å². The molecule has 0 spiro atoms. The number of hydrogen-bond acceptors (Lipinski definition) is 2. The summed E-state index contributed by atoms with van der Waals surface area (Å²) in [5.74, 6) is 0.908. The molecule has 0 fully saturated rings. The molecule has 0 aliphatic heterocycles. The highest BCUT2D eigenvalue weighted by molar-refractivity contribution is 9.10. The Bertz CT molecular complexity index is 447. The average Bonchev–Trinajstić information content (AvgIpc) is 2.43. The second-order valence-corrected chi connectivity index (χ2v) is 4.88. The summed E-state index contributed by atoms with van der Waals surface area (Å²) in [5.41, 5.74) is 0. The van der Waals surface area contributed by atoms with Crippen LogP contribution in [-0.2, 0) is 0 Å². The summed E-state index contributed by atoms with van der Waals surface area (Å²) in [6.45, 7) is 2.11. The summed E-state index contributed by atoms with van der Waals surface area (Å²) in [6, 6.07) is 6.14. The Balaban J connectivity index is 2.75. The van der Waals surface area contributed by atoms with Gasteiger partial charge in [-0.25, -0.2) is 0 Å². The molecule has 1 nitrogen and oxygen atoms in total. The first-order valence-electron chi connectivity index (χ1n) is 3.95. The third kappa shape index (κ3) is 1.46. The van der Waals surface area contributed by atoms with Crippen LogP contribution in [0, 0.1) is 6.92 Å². The molecule has 0 N–H and O–H groups in total. The fourth-order valence-electron chi connectivity index (χ4n) is 1.30. The van der Waals surface area contributed by atoms with Crippen molar-refractivity contribution in [2.75, 3.05) is 7.11 Å². The lowest BCUT2D eigenvalue weighted by atomic mass is 10.2. The second kappa shape index (κ2) is 3.31. The Morgan fingerprint density at radius 1 is 1.38 bits per heavy atom. The molecule has 0 saturated heterocycles. The summed E-state index contributed by atoms with van der Waals surface area (Å²) in [5, 5.41) is 1.24. The molecule has 0 aliphatic rings. The lowest BCUT2D eigenvalue weighted by Crippen LogP contribution is -1.80. The molecule has 0 aliphatic carbocycles. The Morgan fingerprint density at radius 2 is 2.15 bits per heavy atom. The number of fused-ring (bicyclic) bond motifs is 1. The maximum Gasteiger partial charge on any atom is 0.119 e. The van der Waals surface area contributed by atoms with Gasteiger partial charge in [0.1, 0.15) is 5.75 Å². The number of methoxy groups -OCH3 is 1. The number of rotatable bonds is 1. The van der Waals surface area contributed by atoms with Crippen molar-refractivity contribution in [3.63, 3.8) is 0 Å². The highest BCUT2D eigenvalue weighted by Crippen LogP contribution is 2.36. The van der Waals surface area contributed by atoms with E-state index in [0.717, 1.165) is 5.75 Å². The van der Waals surface area contributed by atoms with Crippen LogP contribution in [0.2, 0.25) is 0 Å². The zero-order valence-electron chi connectivity index (χ0n) is 7.43. The van der Waals surface area contributed by atoms with E-state index in [0.29, 0.717) is 0 Å². The fraction of sp³-hybridized carbons (Fsp3) is 0.200. The molecule has 13 heavy (non-hydrogen) atoms. The molecular formula is C10H9BrOS. The van der Waals surface area contributed by atoms with Gasteiger partial charge in [0.05, 0.1) is 7.11 Å². The van der Waals surface area contributed by atoms with Gasteiger partial charge in [0, 0.05) is 19.4 Å². The molecule has 0 unspecified atom stereocenters. The van der Waals surface area contributed by atoms with E-state index in [4.69, 9.17) is 4.74 Å². The fourth-order valence-corrected chi connectivity index (χ4v) is 2.93. The number of halogens is 1. The molecule has 1 aromatic carbocycles. The van der Waals surface area contributed by atoms with E-state index in [-0.39, 0.29) is 0 Å². The Labute approximate surface area is 89.5 Å². The SMILES string of the molecule is COc1ccc2sc(C)c(Br)c2c1. The highest BCUT2D eigenvalue weighted by atomic mass is 79.9. The van der Waals surface area contributed by atoms with Crippen LogP contribution in [0.1, 0.15) is 4.88 Å². The van der Waals surface area contributed by atoms with Crippen LogP contribution in [-0.4, -0.2) is 7.11 Å². The molecule has 2 rings (SSSR count). The Hall–Kier alpha value is -0.540. The largest absolute Gasteiger partial charge is 0.497 e. The maximum absolute atomic E-state index is 5.17. The molecule has 68 valence electrons. The van der Waals surface area contributed by atoms with Gasteiger partial charge in [-0.1, -0.05) is 0 Å². The minimum Gasteiger partial charge on any atom is -0.497 e. The van der Waals surface area contributed by atoms with E-state index >= 15 is 0 Å². The first kappa shape index (κ1) is 9.03. The molecule has 1 aromatic heterocycles. The van der Waals surface area contributed by atoms with Gasteiger partial charge < -0.3 is 4.74 Å². The number of ether oxygens (including phenoxy) is 1. The normalized spacial score (nSPS) is 10.7. The summed E-state index contributed by atoms with van der Waals surface area (Å²) in [7, 11) is 1.69. The minimum atomic E-state index is 0.908. The van der Waals surface area contributed by atoms with Gasteiger partial charge in [-0.2, -0.15) is 0 Å². The van der Waals surface area contributed by atoms with Gasteiger partial charge >= 0.3 is 0 Å². The monoisotopic (exact) mass is 256 g/mol. The van der Waals surface area contributed by atoms with Crippen molar-refractivity contribution in [1.82, 2.24) is 0 Å². The van der Waals surface area contributed by atoms with Crippen molar-refractivity contribution >= 4 is 37.4 Å². The van der Waals surface area contributed by atoms with Crippen LogP contribution in [0.25, 0.3) is 10.1 Å². The van der Waals surface area contributed by atoms with Crippen molar-refractivity contribution in [1.29, 1.82) is 0 Å². The van der Waals surface area contributed by atoms with E-state index in [9.17, 15) is 0 Å². The zero-order valence-corrected chi connectivity index (χ0v) is 9.83. The zero-order chi connectivity index (χ0) is 9.42. The summed E-state index contributed by atoms with van der Waals surface area (Å²) < 4.78 is 7.65. The van der Waals surface area contributed by atoms with E-state index in [2.05, 4.69) is 35.0 Å². The molecule has 1 heterocycles. The van der Waals surface area contributed by atoms with Crippen molar-refractivity contribution in [3.8, 4) is 5.75 Å². The molecule has 2 aromatic rings. The van der Waals surface area contributed by atoms with Crippen molar-refractivity contribution in [2.24, 2.45) is 0 Å². The average molecular weight is 257 g/mol. The van der Waals surface area contributed by atoms with Gasteiger partial charge in [0.2, 0.25) is 0 Å². The third-order valence-corrected chi connectivity index (χ3v) is 4.37. The Kier molecular flexibility index (Phi) is 2.30. The van der Waals surface area contributed by atoms with Crippen molar-refractivity contribution < 1.29 is 4.74 Å². The van der Waals surface area contributed by atoms with E-state index in [1.54, 1.807) is 18.4 Å². The van der Waals surface area contributed by atoms with E-state index in [1.165, 1.54) is 19.4 Å². The minimum absolute atomic E-state index is 0.908. The maximum atomic E-state index is 5.17. The van der Waals surface area contributed by atoms with Crippen LogP contribution in [0.5, 0.6) is 5.75 Å². The molecule has 0 radical (unpaired) electrons. The molecule has 0 bridgehead atoms. The van der Waals surface area contributed by atoms with Crippen LogP contribution in [0.15, 0.2) is 22.7 Å². The molecule has 0 amide bonds. The van der Waals surface area contributed by atoms with Crippen molar-refractivity contribution in [2.45, 2.75) is 6.92 Å². The van der Waals surface area contributed by atoms with Gasteiger partial charge in [-0.15, -0.1) is 11.3 Å². The first-order chi connectivity index (χ1) is 6.22. The Morgan fingerprint density at radius 3 is 2.85 bits per heavy atom. The van der Waals surface area contributed by atoms with Gasteiger partial charge in [0.15, 0.2) is 0 Å². The van der Waals surface area contributed by atoms with E-state index in [1.807, 2.05) is 6.07 Å². The predicted octanol–water partition coefficient (Wildman–Crippen LogP) is 3.98. The van der Waals surface area contributed by atoms with E-state index < -0.39 is 0 Å². The standard InChI is InChI=1S/C10H9BrOS/c1-6-10(11)8-5-7(12-2)3-4-9(8)13-6/h3-5H,1-2H3. The summed E-state index contributed by atoms with van der Waals surface area (Å²) in [4.78, 5) is 1.31. The highest BCUT2D eigenvalue weighted by Gasteiger charge is 2.06. The smallest absolute Gasteiger partial charge is 0.119 e. The lowest BCUT2D eigenvalue weighted by Gasteiger charge is -1.98. The predicted molar refractivity (Wildman–Crippen MR) is 60.8 cm³/mol. The van der Waals surface area contributed by atoms with Gasteiger partial charge in [-0.05, 0) is 41.1 Å². The number of aryl methyl sites for hydroxylation is 1. The number of hydrogen-bond donors (Lipinski definition) is 0. The molecule has 0 atom stereocenters. The quantitative estimate of drug-likeness (QED) is 0.750. The number of benzene rings is 1. The second-order valence-electron chi connectivity index (χ2n) is 2.83. The van der Waals surface area contributed by atoms with Crippen molar-refractivity contribution in [3.05, 3.63) is 27.5 Å². The molecule has 3 heteroatoms. The first-order valence-corrected chi connectivity index (χ1v) is 5.56. The summed E-state index contributed by atoms with van der Waals surface area (Å²) >= 11 is 5.36. The summed E-state index contributed by atoms with van der Waals surface area (Å²) in [6.07, 6.45) is 0. The van der Waals surface area contributed by atoms with Crippen LogP contribution in [0.3, 0.4) is 0 Å². The lowest BCUT2D eigenvalue weighted by molar-refractivity contribution is 0.415. The van der Waals surface area contributed by atoms with Crippen LogP contribution < -0.4 is 4.74 Å².